The van der Waals surface area contributed by atoms with E-state index >= 15 is 0 Å². The van der Waals surface area contributed by atoms with Crippen LogP contribution in [-0.4, -0.2) is 25.6 Å². The lowest BCUT2D eigenvalue weighted by Crippen LogP contribution is -2.06. The number of aliphatic hydroxyl groups is 1. The monoisotopic (exact) mass is 343 g/mol. The van der Waals surface area contributed by atoms with Crippen molar-refractivity contribution in [3.05, 3.63) is 77.4 Å². The van der Waals surface area contributed by atoms with Gasteiger partial charge in [-0.15, -0.1) is 10.2 Å². The molecule has 1 heterocycles. The van der Waals surface area contributed by atoms with Gasteiger partial charge >= 0.3 is 0 Å². The molecule has 1 N–H and O–H groups in total. The Bertz CT molecular complexity index is 790. The van der Waals surface area contributed by atoms with Crippen molar-refractivity contribution in [2.24, 2.45) is 0 Å². The highest BCUT2D eigenvalue weighted by Crippen LogP contribution is 2.25. The number of thioether (sulfide) groups is 1. The molecule has 0 fully saturated rings. The van der Waals surface area contributed by atoms with Crippen LogP contribution in [0.1, 0.15) is 23.1 Å². The lowest BCUT2D eigenvalue weighted by atomic mass is 10.1. The van der Waals surface area contributed by atoms with Gasteiger partial charge in [0.2, 0.25) is 0 Å². The number of aromatic nitrogens is 3. The van der Waals surface area contributed by atoms with E-state index in [1.807, 2.05) is 29.7 Å². The second kappa shape index (κ2) is 7.59. The zero-order valence-electron chi connectivity index (χ0n) is 13.3. The topological polar surface area (TPSA) is 50.9 Å². The maximum absolute atomic E-state index is 13.0. The highest BCUT2D eigenvalue weighted by molar-refractivity contribution is 7.99. The highest BCUT2D eigenvalue weighted by Gasteiger charge is 2.14. The normalized spacial score (nSPS) is 12.3. The second-order valence-electron chi connectivity index (χ2n) is 5.48. The van der Waals surface area contributed by atoms with Gasteiger partial charge in [0.05, 0.1) is 12.6 Å². The van der Waals surface area contributed by atoms with Crippen molar-refractivity contribution >= 4 is 11.8 Å². The van der Waals surface area contributed by atoms with Crippen LogP contribution in [-0.2, 0) is 6.54 Å². The SMILES string of the molecule is Cc1nnc(SCC(O)c2ccc(F)cc2)n1Cc1ccccc1. The van der Waals surface area contributed by atoms with Crippen LogP contribution < -0.4 is 0 Å². The average Bonchev–Trinajstić information content (AvgIpc) is 2.94. The molecule has 0 aliphatic carbocycles. The van der Waals surface area contributed by atoms with Crippen molar-refractivity contribution in [1.29, 1.82) is 0 Å². The third-order valence-electron chi connectivity index (χ3n) is 3.71. The van der Waals surface area contributed by atoms with Gasteiger partial charge in [0.15, 0.2) is 5.16 Å². The van der Waals surface area contributed by atoms with E-state index in [4.69, 9.17) is 0 Å². The molecule has 0 aliphatic heterocycles. The Balaban J connectivity index is 1.68. The molecule has 3 aromatic rings. The van der Waals surface area contributed by atoms with Crippen LogP contribution in [0.2, 0.25) is 0 Å². The third-order valence-corrected chi connectivity index (χ3v) is 4.75. The van der Waals surface area contributed by atoms with Gasteiger partial charge in [0.1, 0.15) is 11.6 Å². The molecule has 0 saturated heterocycles. The van der Waals surface area contributed by atoms with Crippen molar-refractivity contribution in [2.75, 3.05) is 5.75 Å². The van der Waals surface area contributed by atoms with Gasteiger partial charge in [0.25, 0.3) is 0 Å². The zero-order valence-corrected chi connectivity index (χ0v) is 14.1. The summed E-state index contributed by atoms with van der Waals surface area (Å²) in [6, 6.07) is 16.0. The van der Waals surface area contributed by atoms with Gasteiger partial charge in [-0.25, -0.2) is 4.39 Å². The average molecular weight is 343 g/mol. The van der Waals surface area contributed by atoms with Gasteiger partial charge in [0, 0.05) is 5.75 Å². The summed E-state index contributed by atoms with van der Waals surface area (Å²) in [7, 11) is 0. The first-order valence-electron chi connectivity index (χ1n) is 7.63. The van der Waals surface area contributed by atoms with Gasteiger partial charge in [-0.05, 0) is 30.2 Å². The summed E-state index contributed by atoms with van der Waals surface area (Å²) in [5.74, 6) is 0.952. The molecule has 124 valence electrons. The van der Waals surface area contributed by atoms with E-state index in [0.717, 1.165) is 11.0 Å². The van der Waals surface area contributed by atoms with Gasteiger partial charge in [-0.3, -0.25) is 0 Å². The molecule has 6 heteroatoms. The fraction of sp³-hybridized carbons (Fsp3) is 0.222. The molecule has 1 atom stereocenters. The maximum atomic E-state index is 13.0. The van der Waals surface area contributed by atoms with E-state index in [9.17, 15) is 9.50 Å². The molecule has 4 nitrogen and oxygen atoms in total. The lowest BCUT2D eigenvalue weighted by molar-refractivity contribution is 0.204. The molecule has 0 bridgehead atoms. The molecule has 1 aromatic heterocycles. The Morgan fingerprint density at radius 3 is 2.50 bits per heavy atom. The van der Waals surface area contributed by atoms with Crippen molar-refractivity contribution in [2.45, 2.75) is 24.7 Å². The minimum Gasteiger partial charge on any atom is -0.388 e. The van der Waals surface area contributed by atoms with Gasteiger partial charge in [-0.2, -0.15) is 0 Å². The van der Waals surface area contributed by atoms with E-state index in [0.29, 0.717) is 17.9 Å². The van der Waals surface area contributed by atoms with Crippen LogP contribution in [0.4, 0.5) is 4.39 Å². The molecule has 0 saturated carbocycles. The van der Waals surface area contributed by atoms with E-state index in [1.54, 1.807) is 12.1 Å². The predicted octanol–water partition coefficient (Wildman–Crippen LogP) is 3.60. The number of nitrogens with zero attached hydrogens (tertiary/aromatic N) is 3. The standard InChI is InChI=1S/C18H18FN3OS/c1-13-20-21-18(22(13)11-14-5-3-2-4-6-14)24-12-17(23)15-7-9-16(19)10-8-15/h2-10,17,23H,11-12H2,1H3. The molecule has 0 aliphatic rings. The van der Waals surface area contributed by atoms with Crippen LogP contribution >= 0.6 is 11.8 Å². The highest BCUT2D eigenvalue weighted by atomic mass is 32.2. The number of halogens is 1. The second-order valence-corrected chi connectivity index (χ2v) is 6.47. The Labute approximate surface area is 144 Å². The molecular formula is C18H18FN3OS. The summed E-state index contributed by atoms with van der Waals surface area (Å²) in [5, 5.41) is 19.4. The summed E-state index contributed by atoms with van der Waals surface area (Å²) in [4.78, 5) is 0. The van der Waals surface area contributed by atoms with E-state index in [2.05, 4.69) is 22.3 Å². The van der Waals surface area contributed by atoms with E-state index in [-0.39, 0.29) is 5.82 Å². The van der Waals surface area contributed by atoms with Gasteiger partial charge < -0.3 is 9.67 Å². The predicted molar refractivity (Wildman–Crippen MR) is 92.4 cm³/mol. The fourth-order valence-corrected chi connectivity index (χ4v) is 3.30. The molecule has 0 amide bonds. The molecule has 1 unspecified atom stereocenters. The summed E-state index contributed by atoms with van der Waals surface area (Å²) in [6.07, 6.45) is -0.683. The van der Waals surface area contributed by atoms with Crippen molar-refractivity contribution in [1.82, 2.24) is 14.8 Å². The fourth-order valence-electron chi connectivity index (χ4n) is 2.35. The molecule has 2 aromatic carbocycles. The van der Waals surface area contributed by atoms with Crippen LogP contribution in [0.15, 0.2) is 59.8 Å². The smallest absolute Gasteiger partial charge is 0.191 e. The van der Waals surface area contributed by atoms with Crippen molar-refractivity contribution in [3.8, 4) is 0 Å². The largest absolute Gasteiger partial charge is 0.388 e. The Morgan fingerprint density at radius 2 is 1.79 bits per heavy atom. The number of aliphatic hydroxyl groups excluding tert-OH is 1. The first-order chi connectivity index (χ1) is 11.6. The minimum atomic E-state index is -0.683. The number of benzene rings is 2. The summed E-state index contributed by atoms with van der Waals surface area (Å²) >= 11 is 1.44. The number of aryl methyl sites for hydroxylation is 1. The molecular weight excluding hydrogens is 325 g/mol. The van der Waals surface area contributed by atoms with Crippen LogP contribution in [0.25, 0.3) is 0 Å². The molecule has 0 spiro atoms. The maximum Gasteiger partial charge on any atom is 0.191 e. The first-order valence-corrected chi connectivity index (χ1v) is 8.62. The van der Waals surface area contributed by atoms with Crippen LogP contribution in [0, 0.1) is 12.7 Å². The zero-order chi connectivity index (χ0) is 16.9. The van der Waals surface area contributed by atoms with E-state index < -0.39 is 6.10 Å². The van der Waals surface area contributed by atoms with Crippen LogP contribution in [0.5, 0.6) is 0 Å². The van der Waals surface area contributed by atoms with Crippen LogP contribution in [0.3, 0.4) is 0 Å². The third kappa shape index (κ3) is 4.01. The minimum absolute atomic E-state index is 0.308. The summed E-state index contributed by atoms with van der Waals surface area (Å²) in [6.45, 7) is 2.60. The lowest BCUT2D eigenvalue weighted by Gasteiger charge is -2.12. The number of rotatable bonds is 6. The summed E-state index contributed by atoms with van der Waals surface area (Å²) < 4.78 is 15.0. The van der Waals surface area contributed by atoms with Crippen molar-refractivity contribution in [3.63, 3.8) is 0 Å². The molecule has 24 heavy (non-hydrogen) atoms. The molecule has 3 rings (SSSR count). The van der Waals surface area contributed by atoms with E-state index in [1.165, 1.54) is 29.5 Å². The summed E-state index contributed by atoms with van der Waals surface area (Å²) in [5.41, 5.74) is 1.86. The first kappa shape index (κ1) is 16.7. The number of hydrogen-bond donors (Lipinski definition) is 1. The molecule has 0 radical (unpaired) electrons. The van der Waals surface area contributed by atoms with Gasteiger partial charge in [-0.1, -0.05) is 54.2 Å². The Kier molecular flexibility index (Phi) is 5.27. The quantitative estimate of drug-likeness (QED) is 0.695. The Hall–Kier alpha value is -2.18. The Morgan fingerprint density at radius 1 is 1.08 bits per heavy atom. The van der Waals surface area contributed by atoms with Crippen molar-refractivity contribution < 1.29 is 9.50 Å². The number of hydrogen-bond acceptors (Lipinski definition) is 4.